The fraction of sp³-hybridized carbons (Fsp3) is 0.240. The molecule has 4 rings (SSSR count). The van der Waals surface area contributed by atoms with Crippen molar-refractivity contribution in [3.8, 4) is 17.1 Å². The molecule has 1 amide bonds. The van der Waals surface area contributed by atoms with Gasteiger partial charge in [0.15, 0.2) is 17.5 Å². The number of carbonyl (C=O) groups excluding carboxylic acids is 1. The van der Waals surface area contributed by atoms with Gasteiger partial charge in [0.1, 0.15) is 5.58 Å². The highest BCUT2D eigenvalue weighted by Crippen LogP contribution is 2.34. The topological polar surface area (TPSA) is 81.4 Å². The molecule has 1 N–H and O–H groups in total. The van der Waals surface area contributed by atoms with E-state index >= 15 is 0 Å². The van der Waals surface area contributed by atoms with Gasteiger partial charge in [-0.25, -0.2) is 4.98 Å². The monoisotopic (exact) mass is 482 g/mol. The van der Waals surface area contributed by atoms with E-state index in [2.05, 4.69) is 31.1 Å². The number of rotatable bonds is 5. The molecule has 0 aliphatic heterocycles. The number of nitrogens with one attached hydrogen (secondary N) is 1. The molecular weight excluding hydrogens is 460 g/mol. The number of aromatic nitrogens is 1. The SMILES string of the molecule is Cc1cc2oc(-c3ccc(C(C)(C)C)cc3)c(OCC(=O)Nc3nccs3)c(=O)c2cc1Cl. The Hall–Kier alpha value is -3.16. The smallest absolute Gasteiger partial charge is 0.264 e. The van der Waals surface area contributed by atoms with E-state index in [4.69, 9.17) is 20.8 Å². The van der Waals surface area contributed by atoms with Crippen LogP contribution in [0.3, 0.4) is 0 Å². The molecule has 0 bridgehead atoms. The molecule has 2 aromatic carbocycles. The van der Waals surface area contributed by atoms with Crippen molar-refractivity contribution in [1.82, 2.24) is 4.98 Å². The Morgan fingerprint density at radius 2 is 1.94 bits per heavy atom. The Morgan fingerprint density at radius 1 is 1.21 bits per heavy atom. The Morgan fingerprint density at radius 3 is 2.58 bits per heavy atom. The van der Waals surface area contributed by atoms with Gasteiger partial charge < -0.3 is 9.15 Å². The number of benzene rings is 2. The molecule has 170 valence electrons. The number of anilines is 1. The minimum Gasteiger partial charge on any atom is -0.476 e. The zero-order chi connectivity index (χ0) is 23.8. The summed E-state index contributed by atoms with van der Waals surface area (Å²) < 4.78 is 11.9. The highest BCUT2D eigenvalue weighted by atomic mass is 35.5. The van der Waals surface area contributed by atoms with E-state index in [0.29, 0.717) is 21.3 Å². The summed E-state index contributed by atoms with van der Waals surface area (Å²) in [4.78, 5) is 29.7. The van der Waals surface area contributed by atoms with Crippen molar-refractivity contribution in [3.63, 3.8) is 0 Å². The maximum Gasteiger partial charge on any atom is 0.264 e. The van der Waals surface area contributed by atoms with Crippen LogP contribution in [0.15, 0.2) is 57.2 Å². The van der Waals surface area contributed by atoms with Gasteiger partial charge >= 0.3 is 0 Å². The first-order valence-electron chi connectivity index (χ1n) is 10.3. The minimum atomic E-state index is -0.430. The van der Waals surface area contributed by atoms with Crippen LogP contribution < -0.4 is 15.5 Å². The number of ether oxygens (including phenoxy) is 1. The fourth-order valence-corrected chi connectivity index (χ4v) is 4.03. The molecule has 0 aliphatic carbocycles. The van der Waals surface area contributed by atoms with Gasteiger partial charge in [-0.05, 0) is 35.6 Å². The second-order valence-corrected chi connectivity index (χ2v) is 9.99. The van der Waals surface area contributed by atoms with Crippen molar-refractivity contribution in [2.24, 2.45) is 0 Å². The van der Waals surface area contributed by atoms with Crippen molar-refractivity contribution in [1.29, 1.82) is 0 Å². The zero-order valence-corrected chi connectivity index (χ0v) is 20.3. The zero-order valence-electron chi connectivity index (χ0n) is 18.7. The lowest BCUT2D eigenvalue weighted by molar-refractivity contribution is -0.118. The minimum absolute atomic E-state index is 0.0239. The Labute approximate surface area is 200 Å². The van der Waals surface area contributed by atoms with E-state index in [9.17, 15) is 9.59 Å². The lowest BCUT2D eigenvalue weighted by Crippen LogP contribution is -2.22. The van der Waals surface area contributed by atoms with E-state index in [1.54, 1.807) is 23.7 Å². The van der Waals surface area contributed by atoms with Crippen LogP contribution in [-0.4, -0.2) is 17.5 Å². The summed E-state index contributed by atoms with van der Waals surface area (Å²) >= 11 is 7.54. The number of hydrogen-bond acceptors (Lipinski definition) is 6. The van der Waals surface area contributed by atoms with Gasteiger partial charge in [-0.3, -0.25) is 14.9 Å². The van der Waals surface area contributed by atoms with Crippen molar-refractivity contribution in [2.75, 3.05) is 11.9 Å². The summed E-state index contributed by atoms with van der Waals surface area (Å²) in [5.74, 6) is -0.211. The van der Waals surface area contributed by atoms with Crippen LogP contribution in [0.5, 0.6) is 5.75 Å². The first kappa shape index (κ1) is 23.0. The van der Waals surface area contributed by atoms with E-state index in [1.807, 2.05) is 31.2 Å². The van der Waals surface area contributed by atoms with Crippen LogP contribution in [-0.2, 0) is 10.2 Å². The molecule has 0 unspecified atom stereocenters. The van der Waals surface area contributed by atoms with Gasteiger partial charge in [-0.1, -0.05) is 56.6 Å². The second-order valence-electron chi connectivity index (χ2n) is 8.69. The number of hydrogen-bond donors (Lipinski definition) is 1. The lowest BCUT2D eigenvalue weighted by Gasteiger charge is -2.19. The molecule has 0 saturated heterocycles. The molecular formula is C25H23ClN2O4S. The van der Waals surface area contributed by atoms with Crippen molar-refractivity contribution in [2.45, 2.75) is 33.1 Å². The maximum atomic E-state index is 13.4. The predicted molar refractivity (Wildman–Crippen MR) is 133 cm³/mol. The first-order valence-corrected chi connectivity index (χ1v) is 11.6. The Balaban J connectivity index is 1.77. The van der Waals surface area contributed by atoms with E-state index < -0.39 is 11.3 Å². The third-order valence-corrected chi connectivity index (χ3v) is 6.27. The Kier molecular flexibility index (Phi) is 6.28. The third-order valence-electron chi connectivity index (χ3n) is 5.17. The summed E-state index contributed by atoms with van der Waals surface area (Å²) in [6.45, 7) is 7.84. The molecule has 4 aromatic rings. The fourth-order valence-electron chi connectivity index (χ4n) is 3.32. The normalized spacial score (nSPS) is 11.5. The van der Waals surface area contributed by atoms with Gasteiger partial charge in [0, 0.05) is 22.2 Å². The molecule has 2 heterocycles. The maximum absolute atomic E-state index is 13.4. The van der Waals surface area contributed by atoms with Crippen LogP contribution in [0, 0.1) is 6.92 Å². The molecule has 0 radical (unpaired) electrons. The summed E-state index contributed by atoms with van der Waals surface area (Å²) in [7, 11) is 0. The number of halogens is 1. The highest BCUT2D eigenvalue weighted by Gasteiger charge is 2.21. The van der Waals surface area contributed by atoms with E-state index in [1.165, 1.54) is 11.3 Å². The van der Waals surface area contributed by atoms with Crippen LogP contribution in [0.25, 0.3) is 22.3 Å². The highest BCUT2D eigenvalue weighted by molar-refractivity contribution is 7.13. The molecule has 0 atom stereocenters. The molecule has 2 aromatic heterocycles. The third kappa shape index (κ3) is 4.94. The number of fused-ring (bicyclic) bond motifs is 1. The van der Waals surface area contributed by atoms with Crippen LogP contribution in [0.2, 0.25) is 5.02 Å². The quantitative estimate of drug-likeness (QED) is 0.366. The number of carbonyl (C=O) groups is 1. The predicted octanol–water partition coefficient (Wildman–Crippen LogP) is 6.19. The van der Waals surface area contributed by atoms with Gasteiger partial charge in [0.2, 0.25) is 11.2 Å². The van der Waals surface area contributed by atoms with Gasteiger partial charge in [-0.2, -0.15) is 0 Å². The largest absolute Gasteiger partial charge is 0.476 e. The second kappa shape index (κ2) is 9.00. The lowest BCUT2D eigenvalue weighted by atomic mass is 9.86. The molecule has 0 fully saturated rings. The standard InChI is InChI=1S/C25H23ClN2O4S/c1-14-11-19-17(12-18(14)26)21(30)23(31-13-20(29)28-24-27-9-10-33-24)22(32-19)15-5-7-16(8-6-15)25(2,3)4/h5-12H,13H2,1-4H3,(H,27,28,29). The number of amides is 1. The summed E-state index contributed by atoms with van der Waals surface area (Å²) in [5, 5.41) is 5.58. The average Bonchev–Trinajstić information content (AvgIpc) is 3.27. The van der Waals surface area contributed by atoms with E-state index in [-0.39, 0.29) is 28.9 Å². The molecule has 33 heavy (non-hydrogen) atoms. The van der Waals surface area contributed by atoms with E-state index in [0.717, 1.165) is 11.1 Å². The van der Waals surface area contributed by atoms with Gasteiger partial charge in [-0.15, -0.1) is 11.3 Å². The molecule has 8 heteroatoms. The number of nitrogens with zero attached hydrogens (tertiary/aromatic N) is 1. The van der Waals surface area contributed by atoms with Crippen LogP contribution in [0.4, 0.5) is 5.13 Å². The summed E-state index contributed by atoms with van der Waals surface area (Å²) in [6, 6.07) is 11.0. The van der Waals surface area contributed by atoms with Crippen LogP contribution >= 0.6 is 22.9 Å². The number of aryl methyl sites for hydroxylation is 1. The van der Waals surface area contributed by atoms with Crippen LogP contribution in [0.1, 0.15) is 31.9 Å². The molecule has 6 nitrogen and oxygen atoms in total. The van der Waals surface area contributed by atoms with Crippen molar-refractivity contribution in [3.05, 3.63) is 74.3 Å². The van der Waals surface area contributed by atoms with Gasteiger partial charge in [0.05, 0.1) is 5.39 Å². The summed E-state index contributed by atoms with van der Waals surface area (Å²) in [6.07, 6.45) is 1.59. The first-order chi connectivity index (χ1) is 15.6. The number of thiazole rings is 1. The average molecular weight is 483 g/mol. The molecule has 0 aliphatic rings. The molecule has 0 spiro atoms. The van der Waals surface area contributed by atoms with Crippen molar-refractivity contribution < 1.29 is 13.9 Å². The van der Waals surface area contributed by atoms with Gasteiger partial charge in [0.25, 0.3) is 5.91 Å². The molecule has 0 saturated carbocycles. The van der Waals surface area contributed by atoms with Crippen molar-refractivity contribution >= 4 is 44.9 Å². The Bertz CT molecular complexity index is 1370. The summed E-state index contributed by atoms with van der Waals surface area (Å²) in [5.41, 5.74) is 2.58.